The second-order valence-electron chi connectivity index (χ2n) is 4.45. The van der Waals surface area contributed by atoms with Crippen LogP contribution in [0.3, 0.4) is 0 Å². The molecule has 116 valence electrons. The Balaban J connectivity index is 2.17. The van der Waals surface area contributed by atoms with Crippen LogP contribution >= 0.6 is 0 Å². The first-order valence-corrected chi connectivity index (χ1v) is 7.93. The number of nitriles is 1. The molecule has 0 aromatic heterocycles. The van der Waals surface area contributed by atoms with Crippen molar-refractivity contribution in [1.82, 2.24) is 0 Å². The summed E-state index contributed by atoms with van der Waals surface area (Å²) in [5, 5.41) is 17.8. The third-order valence-electron chi connectivity index (χ3n) is 2.84. The van der Waals surface area contributed by atoms with E-state index < -0.39 is 15.8 Å². The largest absolute Gasteiger partial charge is 0.286 e. The number of carbonyl (C=O) groups is 1. The smallest absolute Gasteiger partial charge is 0.238 e. The maximum absolute atomic E-state index is 12.1. The molecule has 0 unspecified atom stereocenters. The number of nitrogens with two attached hydrogens (primary N) is 1. The van der Waals surface area contributed by atoms with E-state index in [1.54, 1.807) is 36.4 Å². The molecule has 0 saturated heterocycles. The van der Waals surface area contributed by atoms with Gasteiger partial charge in [0.05, 0.1) is 10.6 Å². The zero-order valence-corrected chi connectivity index (χ0v) is 12.6. The number of benzene rings is 2. The highest BCUT2D eigenvalue weighted by Crippen LogP contribution is 2.13. The van der Waals surface area contributed by atoms with Crippen molar-refractivity contribution in [2.75, 3.05) is 5.43 Å². The molecule has 0 heterocycles. The number of primary sulfonamides is 1. The molecule has 0 amide bonds. The number of sulfonamides is 1. The number of nitrogens with zero attached hydrogens (tertiary/aromatic N) is 2. The maximum Gasteiger partial charge on any atom is 0.238 e. The van der Waals surface area contributed by atoms with E-state index >= 15 is 0 Å². The van der Waals surface area contributed by atoms with Crippen LogP contribution in [0.15, 0.2) is 64.6 Å². The number of carbonyl (C=O) groups excluding carboxylic acids is 1. The third-order valence-corrected chi connectivity index (χ3v) is 3.77. The van der Waals surface area contributed by atoms with Crippen LogP contribution in [0.4, 0.5) is 5.69 Å². The van der Waals surface area contributed by atoms with Crippen LogP contribution in [-0.2, 0) is 10.0 Å². The summed E-state index contributed by atoms with van der Waals surface area (Å²) in [6.45, 7) is 0. The number of Topliss-reactive ketones (excluding diaryl/α,β-unsaturated/α-hetero) is 1. The van der Waals surface area contributed by atoms with Crippen molar-refractivity contribution in [1.29, 1.82) is 5.26 Å². The fourth-order valence-electron chi connectivity index (χ4n) is 1.69. The third kappa shape index (κ3) is 4.23. The summed E-state index contributed by atoms with van der Waals surface area (Å²) in [4.78, 5) is 12.0. The average Bonchev–Trinajstić information content (AvgIpc) is 2.55. The number of hydrogen-bond donors (Lipinski definition) is 2. The van der Waals surface area contributed by atoms with E-state index in [-0.39, 0.29) is 10.6 Å². The lowest BCUT2D eigenvalue weighted by atomic mass is 10.1. The van der Waals surface area contributed by atoms with Crippen molar-refractivity contribution in [3.8, 4) is 6.07 Å². The highest BCUT2D eigenvalue weighted by atomic mass is 32.2. The number of hydrogen-bond acceptors (Lipinski definition) is 6. The highest BCUT2D eigenvalue weighted by Gasteiger charge is 2.13. The minimum atomic E-state index is -3.78. The molecule has 8 heteroatoms. The summed E-state index contributed by atoms with van der Waals surface area (Å²) in [6, 6.07) is 15.4. The van der Waals surface area contributed by atoms with Gasteiger partial charge in [-0.3, -0.25) is 10.2 Å². The van der Waals surface area contributed by atoms with E-state index in [9.17, 15) is 13.2 Å². The van der Waals surface area contributed by atoms with Crippen LogP contribution in [-0.4, -0.2) is 19.9 Å². The summed E-state index contributed by atoms with van der Waals surface area (Å²) in [6.07, 6.45) is 0. The first-order chi connectivity index (χ1) is 10.9. The molecular formula is C15H12N4O3S. The van der Waals surface area contributed by atoms with Gasteiger partial charge in [-0.1, -0.05) is 30.3 Å². The molecule has 0 aliphatic carbocycles. The number of nitrogens with one attached hydrogen (secondary N) is 1. The molecular weight excluding hydrogens is 316 g/mol. The van der Waals surface area contributed by atoms with Crippen LogP contribution in [0.2, 0.25) is 0 Å². The van der Waals surface area contributed by atoms with Crippen molar-refractivity contribution in [2.45, 2.75) is 4.90 Å². The lowest BCUT2D eigenvalue weighted by Crippen LogP contribution is -2.14. The Kier molecular flexibility index (Phi) is 4.85. The van der Waals surface area contributed by atoms with Crippen LogP contribution in [0.5, 0.6) is 0 Å². The second kappa shape index (κ2) is 6.83. The molecule has 0 bridgehead atoms. The van der Waals surface area contributed by atoms with Gasteiger partial charge in [0.2, 0.25) is 21.5 Å². The monoisotopic (exact) mass is 328 g/mol. The van der Waals surface area contributed by atoms with E-state index in [1.165, 1.54) is 24.3 Å². The van der Waals surface area contributed by atoms with Crippen LogP contribution in [0.25, 0.3) is 0 Å². The minimum absolute atomic E-state index is 0.0482. The molecule has 0 aliphatic heterocycles. The minimum Gasteiger partial charge on any atom is -0.286 e. The molecule has 0 aliphatic rings. The summed E-state index contributed by atoms with van der Waals surface area (Å²) in [5.41, 5.74) is 2.98. The molecule has 2 rings (SSSR count). The standard InChI is InChI=1S/C15H12N4O3S/c16-10-14(15(20)11-4-2-1-3-5-11)19-18-12-6-8-13(9-7-12)23(17,21)22/h1-9,18H,(H2,17,21,22)/b19-14+. The molecule has 0 radical (unpaired) electrons. The molecule has 2 aromatic carbocycles. The first-order valence-electron chi connectivity index (χ1n) is 6.38. The van der Waals surface area contributed by atoms with E-state index in [0.29, 0.717) is 11.3 Å². The van der Waals surface area contributed by atoms with Gasteiger partial charge in [-0.05, 0) is 24.3 Å². The van der Waals surface area contributed by atoms with Gasteiger partial charge in [0.15, 0.2) is 0 Å². The van der Waals surface area contributed by atoms with Crippen molar-refractivity contribution in [3.05, 3.63) is 60.2 Å². The fourth-order valence-corrected chi connectivity index (χ4v) is 2.21. The van der Waals surface area contributed by atoms with Gasteiger partial charge >= 0.3 is 0 Å². The Bertz CT molecular complexity index is 883. The van der Waals surface area contributed by atoms with Gasteiger partial charge in [0.25, 0.3) is 0 Å². The zero-order valence-electron chi connectivity index (χ0n) is 11.8. The average molecular weight is 328 g/mol. The molecule has 3 N–H and O–H groups in total. The van der Waals surface area contributed by atoms with Crippen molar-refractivity contribution < 1.29 is 13.2 Å². The lowest BCUT2D eigenvalue weighted by Gasteiger charge is -2.03. The SMILES string of the molecule is N#C/C(=N\Nc1ccc(S(N)(=O)=O)cc1)C(=O)c1ccccc1. The maximum atomic E-state index is 12.1. The summed E-state index contributed by atoms with van der Waals surface area (Å²) in [5.74, 6) is -0.512. The van der Waals surface area contributed by atoms with Gasteiger partial charge < -0.3 is 0 Å². The van der Waals surface area contributed by atoms with Crippen LogP contribution < -0.4 is 10.6 Å². The zero-order chi connectivity index (χ0) is 16.9. The molecule has 0 fully saturated rings. The van der Waals surface area contributed by atoms with Gasteiger partial charge in [-0.15, -0.1) is 0 Å². The predicted molar refractivity (Wildman–Crippen MR) is 85.3 cm³/mol. The topological polar surface area (TPSA) is 125 Å². The number of hydrazone groups is 1. The second-order valence-corrected chi connectivity index (χ2v) is 6.01. The Labute approximate surface area is 133 Å². The molecule has 23 heavy (non-hydrogen) atoms. The lowest BCUT2D eigenvalue weighted by molar-refractivity contribution is 0.106. The van der Waals surface area contributed by atoms with Gasteiger partial charge in [-0.25, -0.2) is 13.6 Å². The number of anilines is 1. The van der Waals surface area contributed by atoms with Gasteiger partial charge in [0.1, 0.15) is 6.07 Å². The highest BCUT2D eigenvalue weighted by molar-refractivity contribution is 7.89. The summed E-state index contributed by atoms with van der Waals surface area (Å²) < 4.78 is 22.3. The van der Waals surface area contributed by atoms with Crippen molar-refractivity contribution >= 4 is 27.2 Å². The van der Waals surface area contributed by atoms with Crippen LogP contribution in [0, 0.1) is 11.3 Å². The normalized spacial score (nSPS) is 11.6. The van der Waals surface area contributed by atoms with E-state index in [1.807, 2.05) is 0 Å². The number of ketones is 1. The van der Waals surface area contributed by atoms with E-state index in [4.69, 9.17) is 10.4 Å². The Morgan fingerprint density at radius 1 is 1.09 bits per heavy atom. The van der Waals surface area contributed by atoms with Gasteiger partial charge in [-0.2, -0.15) is 10.4 Å². The predicted octanol–water partition coefficient (Wildman–Crippen LogP) is 1.51. The van der Waals surface area contributed by atoms with E-state index in [0.717, 1.165) is 0 Å². The Morgan fingerprint density at radius 3 is 2.22 bits per heavy atom. The van der Waals surface area contributed by atoms with Gasteiger partial charge in [0, 0.05) is 5.56 Å². The van der Waals surface area contributed by atoms with Crippen LogP contribution in [0.1, 0.15) is 10.4 Å². The molecule has 0 atom stereocenters. The fraction of sp³-hybridized carbons (Fsp3) is 0. The molecule has 0 spiro atoms. The van der Waals surface area contributed by atoms with Crippen molar-refractivity contribution in [2.24, 2.45) is 10.2 Å². The van der Waals surface area contributed by atoms with Crippen molar-refractivity contribution in [3.63, 3.8) is 0 Å². The Morgan fingerprint density at radius 2 is 1.70 bits per heavy atom. The molecule has 0 saturated carbocycles. The quantitative estimate of drug-likeness (QED) is 0.489. The van der Waals surface area contributed by atoms with E-state index in [2.05, 4.69) is 10.5 Å². The number of rotatable bonds is 5. The first kappa shape index (κ1) is 16.4. The molecule has 2 aromatic rings. The summed E-state index contributed by atoms with van der Waals surface area (Å²) in [7, 11) is -3.78. The summed E-state index contributed by atoms with van der Waals surface area (Å²) >= 11 is 0. The Hall–Kier alpha value is -3.02. The molecule has 7 nitrogen and oxygen atoms in total.